The second-order valence-corrected chi connectivity index (χ2v) is 11.5. The maximum Gasteiger partial charge on any atom is 0.256 e. The number of benzene rings is 2. The summed E-state index contributed by atoms with van der Waals surface area (Å²) in [5.41, 5.74) is 7.97. The summed E-state index contributed by atoms with van der Waals surface area (Å²) >= 11 is 5.07. The summed E-state index contributed by atoms with van der Waals surface area (Å²) in [6.07, 6.45) is 1.84. The number of nitrogens with one attached hydrogen (secondary N) is 3. The molecule has 0 unspecified atom stereocenters. The normalized spacial score (nSPS) is 13.7. The standard InChI is InChI=1S/C31H32BrN5O2S/c1-5-37(6-2)14-13-33-30(39)28-18(3)26(34-19(28)4)16-24-23-15-21(9-12-25(23)35-29(24)38)27-17-40-31(36-27)20-7-10-22(32)11-8-20/h7-12,15-17,34H,5-6,13-14H2,1-4H3,(H,33,39)(H,35,38)/b24-16-. The fraction of sp³-hybridized carbons (Fsp3) is 0.258. The van der Waals surface area contributed by atoms with Gasteiger partial charge in [0.05, 0.1) is 16.8 Å². The molecule has 40 heavy (non-hydrogen) atoms. The van der Waals surface area contributed by atoms with Crippen LogP contribution in [0, 0.1) is 13.8 Å². The van der Waals surface area contributed by atoms with E-state index < -0.39 is 0 Å². The van der Waals surface area contributed by atoms with Crippen LogP contribution in [0.15, 0.2) is 52.3 Å². The molecular weight excluding hydrogens is 586 g/mol. The SMILES string of the molecule is CCN(CC)CCNC(=O)c1c(C)[nH]c(/C=C2\C(=O)Nc3ccc(-c4csc(-c5ccc(Br)cc5)n4)cc32)c1C. The van der Waals surface area contributed by atoms with Crippen molar-refractivity contribution < 1.29 is 9.59 Å². The Morgan fingerprint density at radius 3 is 2.55 bits per heavy atom. The molecule has 2 aromatic heterocycles. The van der Waals surface area contributed by atoms with Gasteiger partial charge in [-0.2, -0.15) is 0 Å². The Hall–Kier alpha value is -3.53. The molecule has 7 nitrogen and oxygen atoms in total. The van der Waals surface area contributed by atoms with E-state index in [2.05, 4.69) is 50.3 Å². The highest BCUT2D eigenvalue weighted by Gasteiger charge is 2.26. The van der Waals surface area contributed by atoms with Gasteiger partial charge in [0, 0.05) is 56.7 Å². The van der Waals surface area contributed by atoms with Gasteiger partial charge in [-0.3, -0.25) is 9.59 Å². The Balaban J connectivity index is 1.40. The van der Waals surface area contributed by atoms with Crippen LogP contribution in [-0.4, -0.2) is 52.9 Å². The van der Waals surface area contributed by atoms with Crippen LogP contribution in [0.25, 0.3) is 33.5 Å². The maximum absolute atomic E-state index is 13.0. The van der Waals surface area contributed by atoms with E-state index in [9.17, 15) is 9.59 Å². The number of nitrogens with zero attached hydrogens (tertiary/aromatic N) is 2. The van der Waals surface area contributed by atoms with Crippen LogP contribution in [0.2, 0.25) is 0 Å². The molecule has 3 heterocycles. The number of rotatable bonds is 9. The van der Waals surface area contributed by atoms with E-state index in [1.54, 1.807) is 11.3 Å². The number of likely N-dealkylation sites (N-methyl/N-ethyl adjacent to an activating group) is 1. The molecule has 0 saturated heterocycles. The van der Waals surface area contributed by atoms with Gasteiger partial charge in [0.15, 0.2) is 0 Å². The summed E-state index contributed by atoms with van der Waals surface area (Å²) in [6.45, 7) is 11.3. The largest absolute Gasteiger partial charge is 0.358 e. The molecule has 2 aromatic carbocycles. The Morgan fingerprint density at radius 2 is 1.82 bits per heavy atom. The van der Waals surface area contributed by atoms with E-state index in [4.69, 9.17) is 4.98 Å². The predicted octanol–water partition coefficient (Wildman–Crippen LogP) is 6.75. The minimum absolute atomic E-state index is 0.105. The molecule has 0 bridgehead atoms. The highest BCUT2D eigenvalue weighted by atomic mass is 79.9. The highest BCUT2D eigenvalue weighted by molar-refractivity contribution is 9.10. The first-order valence-electron chi connectivity index (χ1n) is 13.4. The number of hydrogen-bond donors (Lipinski definition) is 3. The number of carbonyl (C=O) groups is 2. The average Bonchev–Trinajstić information content (AvgIpc) is 3.63. The summed E-state index contributed by atoms with van der Waals surface area (Å²) in [5.74, 6) is -0.274. The molecule has 0 aliphatic carbocycles. The molecule has 206 valence electrons. The van der Waals surface area contributed by atoms with Crippen LogP contribution in [0.1, 0.15) is 46.7 Å². The van der Waals surface area contributed by atoms with Crippen LogP contribution in [0.3, 0.4) is 0 Å². The number of anilines is 1. The summed E-state index contributed by atoms with van der Waals surface area (Å²) in [6, 6.07) is 14.0. The molecule has 1 aliphatic heterocycles. The summed E-state index contributed by atoms with van der Waals surface area (Å²) < 4.78 is 1.03. The van der Waals surface area contributed by atoms with Crippen LogP contribution >= 0.6 is 27.3 Å². The van der Waals surface area contributed by atoms with Gasteiger partial charge in [-0.05, 0) is 62.8 Å². The molecule has 0 atom stereocenters. The van der Waals surface area contributed by atoms with E-state index in [0.29, 0.717) is 17.7 Å². The summed E-state index contributed by atoms with van der Waals surface area (Å²) in [4.78, 5) is 36.5. The topological polar surface area (TPSA) is 90.1 Å². The molecule has 0 saturated carbocycles. The molecule has 1 aliphatic rings. The summed E-state index contributed by atoms with van der Waals surface area (Å²) in [7, 11) is 0. The molecule has 0 fully saturated rings. The number of hydrogen-bond acceptors (Lipinski definition) is 5. The number of thiazole rings is 1. The van der Waals surface area contributed by atoms with Crippen LogP contribution < -0.4 is 10.6 Å². The van der Waals surface area contributed by atoms with Crippen molar-refractivity contribution in [3.8, 4) is 21.8 Å². The molecule has 9 heteroatoms. The van der Waals surface area contributed by atoms with Crippen molar-refractivity contribution in [2.75, 3.05) is 31.5 Å². The lowest BCUT2D eigenvalue weighted by Crippen LogP contribution is -2.35. The van der Waals surface area contributed by atoms with E-state index in [1.165, 1.54) is 0 Å². The summed E-state index contributed by atoms with van der Waals surface area (Å²) in [5, 5.41) is 8.99. The molecular formula is C31H32BrN5O2S. The lowest BCUT2D eigenvalue weighted by Gasteiger charge is -2.18. The Labute approximate surface area is 246 Å². The molecule has 4 aromatic rings. The van der Waals surface area contributed by atoms with E-state index in [1.807, 2.05) is 67.8 Å². The fourth-order valence-electron chi connectivity index (χ4n) is 4.98. The third-order valence-corrected chi connectivity index (χ3v) is 8.71. The minimum atomic E-state index is -0.169. The van der Waals surface area contributed by atoms with Gasteiger partial charge in [-0.25, -0.2) is 4.98 Å². The average molecular weight is 619 g/mol. The molecule has 5 rings (SSSR count). The smallest absolute Gasteiger partial charge is 0.256 e. The highest BCUT2D eigenvalue weighted by Crippen LogP contribution is 2.38. The van der Waals surface area contributed by atoms with Crippen molar-refractivity contribution in [2.24, 2.45) is 0 Å². The number of aryl methyl sites for hydroxylation is 1. The first-order chi connectivity index (χ1) is 19.3. The number of amides is 2. The number of H-pyrrole nitrogens is 1. The lowest BCUT2D eigenvalue weighted by molar-refractivity contribution is -0.110. The van der Waals surface area contributed by atoms with Gasteiger partial charge in [0.2, 0.25) is 0 Å². The van der Waals surface area contributed by atoms with Crippen molar-refractivity contribution in [2.45, 2.75) is 27.7 Å². The van der Waals surface area contributed by atoms with Crippen molar-refractivity contribution in [3.63, 3.8) is 0 Å². The number of carbonyl (C=O) groups excluding carboxylic acids is 2. The van der Waals surface area contributed by atoms with E-state index in [-0.39, 0.29) is 11.8 Å². The number of aromatic nitrogens is 2. The van der Waals surface area contributed by atoms with Crippen molar-refractivity contribution in [3.05, 3.63) is 80.4 Å². The first-order valence-corrected chi connectivity index (χ1v) is 15.0. The predicted molar refractivity (Wildman–Crippen MR) is 168 cm³/mol. The van der Waals surface area contributed by atoms with Gasteiger partial charge < -0.3 is 20.5 Å². The molecule has 0 spiro atoms. The van der Waals surface area contributed by atoms with Gasteiger partial charge in [-0.15, -0.1) is 11.3 Å². The van der Waals surface area contributed by atoms with E-state index in [0.717, 1.165) is 74.1 Å². The number of aromatic amines is 1. The van der Waals surface area contributed by atoms with Gasteiger partial charge >= 0.3 is 0 Å². The second kappa shape index (κ2) is 11.9. The van der Waals surface area contributed by atoms with Crippen LogP contribution in [-0.2, 0) is 4.79 Å². The zero-order valence-electron chi connectivity index (χ0n) is 23.0. The zero-order valence-corrected chi connectivity index (χ0v) is 25.4. The van der Waals surface area contributed by atoms with Crippen molar-refractivity contribution >= 4 is 56.4 Å². The second-order valence-electron chi connectivity index (χ2n) is 9.76. The molecule has 3 N–H and O–H groups in total. The monoisotopic (exact) mass is 617 g/mol. The van der Waals surface area contributed by atoms with Crippen LogP contribution in [0.4, 0.5) is 5.69 Å². The third-order valence-electron chi connectivity index (χ3n) is 7.29. The Morgan fingerprint density at radius 1 is 1.10 bits per heavy atom. The van der Waals surface area contributed by atoms with Crippen molar-refractivity contribution in [1.82, 2.24) is 20.2 Å². The lowest BCUT2D eigenvalue weighted by atomic mass is 10.0. The Kier molecular flexibility index (Phi) is 8.35. The zero-order chi connectivity index (χ0) is 28.4. The third kappa shape index (κ3) is 5.68. The minimum Gasteiger partial charge on any atom is -0.358 e. The number of fused-ring (bicyclic) bond motifs is 1. The first kappa shape index (κ1) is 28.0. The molecule has 0 radical (unpaired) electrons. The van der Waals surface area contributed by atoms with E-state index >= 15 is 0 Å². The van der Waals surface area contributed by atoms with Crippen molar-refractivity contribution in [1.29, 1.82) is 0 Å². The Bertz CT molecular complexity index is 1600. The van der Waals surface area contributed by atoms with Gasteiger partial charge in [0.1, 0.15) is 5.01 Å². The fourth-order valence-corrected chi connectivity index (χ4v) is 6.08. The molecule has 2 amide bonds. The van der Waals surface area contributed by atoms with Gasteiger partial charge in [0.25, 0.3) is 11.8 Å². The maximum atomic E-state index is 13.0. The van der Waals surface area contributed by atoms with Gasteiger partial charge in [-0.1, -0.05) is 48.0 Å². The van der Waals surface area contributed by atoms with Crippen LogP contribution in [0.5, 0.6) is 0 Å². The number of halogens is 1. The quantitative estimate of drug-likeness (QED) is 0.181.